The number of carbonyl (C=O) groups is 2. The summed E-state index contributed by atoms with van der Waals surface area (Å²) in [5.74, 6) is -0.607. The number of amides is 2. The zero-order chi connectivity index (χ0) is 22.0. The lowest BCUT2D eigenvalue weighted by molar-refractivity contribution is -0.133. The molecule has 1 aliphatic heterocycles. The van der Waals surface area contributed by atoms with E-state index in [0.29, 0.717) is 6.54 Å². The first-order chi connectivity index (χ1) is 15.0. The molecule has 0 fully saturated rings. The van der Waals surface area contributed by atoms with Crippen LogP contribution < -0.4 is 4.90 Å². The van der Waals surface area contributed by atoms with Crippen LogP contribution in [0.4, 0.5) is 10.1 Å². The molecule has 0 bridgehead atoms. The number of anilines is 1. The van der Waals surface area contributed by atoms with Gasteiger partial charge >= 0.3 is 0 Å². The molecule has 0 N–H and O–H groups in total. The summed E-state index contributed by atoms with van der Waals surface area (Å²) < 4.78 is 15.7. The van der Waals surface area contributed by atoms with E-state index in [1.54, 1.807) is 21.9 Å². The van der Waals surface area contributed by atoms with Gasteiger partial charge in [0, 0.05) is 19.7 Å². The van der Waals surface area contributed by atoms with E-state index in [2.05, 4.69) is 11.5 Å². The third-order valence-electron chi connectivity index (χ3n) is 5.73. The van der Waals surface area contributed by atoms with E-state index in [1.807, 2.05) is 42.6 Å². The minimum atomic E-state index is -0.419. The molecular formula is C25H26FN3O2. The Morgan fingerprint density at radius 2 is 1.71 bits per heavy atom. The van der Waals surface area contributed by atoms with Crippen molar-refractivity contribution >= 4 is 17.5 Å². The summed E-state index contributed by atoms with van der Waals surface area (Å²) >= 11 is 0. The van der Waals surface area contributed by atoms with E-state index in [0.717, 1.165) is 35.5 Å². The molecule has 0 saturated heterocycles. The fourth-order valence-corrected chi connectivity index (χ4v) is 4.16. The topological polar surface area (TPSA) is 45.6 Å². The first-order valence-electron chi connectivity index (χ1n) is 10.6. The number of halogens is 1. The van der Waals surface area contributed by atoms with Gasteiger partial charge in [-0.3, -0.25) is 14.5 Å². The van der Waals surface area contributed by atoms with Crippen LogP contribution >= 0.6 is 0 Å². The summed E-state index contributed by atoms with van der Waals surface area (Å²) in [5, 5.41) is 0. The van der Waals surface area contributed by atoms with Crippen molar-refractivity contribution in [3.8, 4) is 5.69 Å². The first-order valence-corrected chi connectivity index (χ1v) is 10.6. The number of nitrogens with zero attached hydrogens (tertiary/aromatic N) is 3. The molecule has 0 radical (unpaired) electrons. The van der Waals surface area contributed by atoms with Crippen molar-refractivity contribution in [1.82, 2.24) is 9.47 Å². The van der Waals surface area contributed by atoms with Gasteiger partial charge in [0.25, 0.3) is 0 Å². The lowest BCUT2D eigenvalue weighted by Crippen LogP contribution is -2.46. The molecule has 2 amide bonds. The number of para-hydroxylation sites is 2. The van der Waals surface area contributed by atoms with Gasteiger partial charge in [-0.05, 0) is 48.4 Å². The molecular weight excluding hydrogens is 393 g/mol. The lowest BCUT2D eigenvalue weighted by atomic mass is 9.97. The molecule has 6 heteroatoms. The molecule has 1 aliphatic rings. The Morgan fingerprint density at radius 1 is 1.00 bits per heavy atom. The molecule has 4 rings (SSSR count). The molecule has 0 aliphatic carbocycles. The van der Waals surface area contributed by atoms with Crippen LogP contribution in [0.2, 0.25) is 0 Å². The third-order valence-corrected chi connectivity index (χ3v) is 5.73. The van der Waals surface area contributed by atoms with E-state index < -0.39 is 6.04 Å². The second-order valence-electron chi connectivity index (χ2n) is 7.80. The summed E-state index contributed by atoms with van der Waals surface area (Å²) in [4.78, 5) is 29.2. The number of rotatable bonds is 6. The zero-order valence-electron chi connectivity index (χ0n) is 17.8. The van der Waals surface area contributed by atoms with Crippen molar-refractivity contribution in [1.29, 1.82) is 0 Å². The van der Waals surface area contributed by atoms with Crippen LogP contribution in [0.1, 0.15) is 44.0 Å². The Balaban J connectivity index is 1.79. The zero-order valence-corrected chi connectivity index (χ0v) is 17.8. The van der Waals surface area contributed by atoms with Gasteiger partial charge < -0.3 is 9.47 Å². The fraction of sp³-hybridized carbons (Fsp3) is 0.280. The average molecular weight is 420 g/mol. The molecule has 2 heterocycles. The highest BCUT2D eigenvalue weighted by Gasteiger charge is 2.36. The number of hydrogen-bond donors (Lipinski definition) is 0. The maximum Gasteiger partial charge on any atom is 0.247 e. The second-order valence-corrected chi connectivity index (χ2v) is 7.80. The quantitative estimate of drug-likeness (QED) is 0.581. The van der Waals surface area contributed by atoms with Crippen molar-refractivity contribution in [3.05, 3.63) is 83.9 Å². The van der Waals surface area contributed by atoms with E-state index in [4.69, 9.17) is 0 Å². The normalized spacial score (nSPS) is 14.7. The Morgan fingerprint density at radius 3 is 2.39 bits per heavy atom. The molecule has 1 unspecified atom stereocenters. The maximum atomic E-state index is 13.7. The fourth-order valence-electron chi connectivity index (χ4n) is 4.16. The second kappa shape index (κ2) is 8.76. The van der Waals surface area contributed by atoms with E-state index in [1.165, 1.54) is 19.1 Å². The van der Waals surface area contributed by atoms with Crippen LogP contribution in [-0.2, 0) is 9.59 Å². The number of benzene rings is 2. The maximum absolute atomic E-state index is 13.7. The summed E-state index contributed by atoms with van der Waals surface area (Å²) in [5.41, 5.74) is 3.40. The van der Waals surface area contributed by atoms with Crippen molar-refractivity contribution in [2.24, 2.45) is 0 Å². The van der Waals surface area contributed by atoms with Gasteiger partial charge in [-0.25, -0.2) is 4.39 Å². The van der Waals surface area contributed by atoms with Gasteiger partial charge in [0.1, 0.15) is 18.4 Å². The van der Waals surface area contributed by atoms with Crippen molar-refractivity contribution < 1.29 is 14.0 Å². The van der Waals surface area contributed by atoms with Gasteiger partial charge in [0.05, 0.1) is 17.1 Å². The third kappa shape index (κ3) is 3.98. The SMILES string of the molecule is CCCCN(CC(=O)N1c2ccccc2-n2cccc2C1c1ccc(F)cc1)C(C)=O. The highest BCUT2D eigenvalue weighted by atomic mass is 19.1. The van der Waals surface area contributed by atoms with Crippen LogP contribution in [0.15, 0.2) is 66.9 Å². The number of hydrogen-bond acceptors (Lipinski definition) is 2. The van der Waals surface area contributed by atoms with Gasteiger partial charge in [-0.2, -0.15) is 0 Å². The van der Waals surface area contributed by atoms with Gasteiger partial charge in [-0.15, -0.1) is 0 Å². The monoisotopic (exact) mass is 419 g/mol. The molecule has 5 nitrogen and oxygen atoms in total. The van der Waals surface area contributed by atoms with Crippen LogP contribution in [0, 0.1) is 5.82 Å². The molecule has 1 aromatic heterocycles. The van der Waals surface area contributed by atoms with Crippen LogP contribution in [0.25, 0.3) is 5.69 Å². The van der Waals surface area contributed by atoms with Crippen LogP contribution in [0.3, 0.4) is 0 Å². The largest absolute Gasteiger partial charge is 0.334 e. The standard InChI is InChI=1S/C25H26FN3O2/c1-3-4-15-27(18(2)30)17-24(31)29-22-9-6-5-8-21(22)28-16-7-10-23(28)25(29)19-11-13-20(26)14-12-19/h5-14,16,25H,3-4,15,17H2,1-2H3. The summed E-state index contributed by atoms with van der Waals surface area (Å²) in [6.07, 6.45) is 3.75. The molecule has 2 aromatic carbocycles. The molecule has 31 heavy (non-hydrogen) atoms. The smallest absolute Gasteiger partial charge is 0.247 e. The van der Waals surface area contributed by atoms with Gasteiger partial charge in [-0.1, -0.05) is 37.6 Å². The molecule has 0 spiro atoms. The minimum Gasteiger partial charge on any atom is -0.334 e. The Bertz CT molecular complexity index is 1090. The number of carbonyl (C=O) groups excluding carboxylic acids is 2. The van der Waals surface area contributed by atoms with Crippen molar-refractivity contribution in [3.63, 3.8) is 0 Å². The first kappa shape index (κ1) is 20.8. The highest BCUT2D eigenvalue weighted by Crippen LogP contribution is 2.42. The summed E-state index contributed by atoms with van der Waals surface area (Å²) in [6.45, 7) is 4.10. The average Bonchev–Trinajstić information content (AvgIpc) is 3.26. The lowest BCUT2D eigenvalue weighted by Gasteiger charge is -2.39. The number of aromatic nitrogens is 1. The van der Waals surface area contributed by atoms with Gasteiger partial charge in [0.2, 0.25) is 11.8 Å². The van der Waals surface area contributed by atoms with Crippen molar-refractivity contribution in [2.45, 2.75) is 32.7 Å². The number of fused-ring (bicyclic) bond motifs is 3. The predicted octanol–water partition coefficient (Wildman–Crippen LogP) is 4.70. The van der Waals surface area contributed by atoms with Crippen LogP contribution in [-0.4, -0.2) is 34.4 Å². The van der Waals surface area contributed by atoms with E-state index >= 15 is 0 Å². The summed E-state index contributed by atoms with van der Waals surface area (Å²) in [6, 6.07) is 17.5. The highest BCUT2D eigenvalue weighted by molar-refractivity contribution is 6.00. The Hall–Kier alpha value is -3.41. The Labute approximate surface area is 181 Å². The van der Waals surface area contributed by atoms with E-state index in [-0.39, 0.29) is 24.2 Å². The molecule has 160 valence electrons. The molecule has 3 aromatic rings. The van der Waals surface area contributed by atoms with Gasteiger partial charge in [0.15, 0.2) is 0 Å². The minimum absolute atomic E-state index is 0.00205. The summed E-state index contributed by atoms with van der Waals surface area (Å²) in [7, 11) is 0. The Kier molecular flexibility index (Phi) is 5.89. The predicted molar refractivity (Wildman–Crippen MR) is 119 cm³/mol. The molecule has 0 saturated carbocycles. The van der Waals surface area contributed by atoms with E-state index in [9.17, 15) is 14.0 Å². The van der Waals surface area contributed by atoms with Crippen molar-refractivity contribution in [2.75, 3.05) is 18.0 Å². The molecule has 1 atom stereocenters. The number of unbranched alkanes of at least 4 members (excludes halogenated alkanes) is 1. The van der Waals surface area contributed by atoms with Crippen LogP contribution in [0.5, 0.6) is 0 Å².